The SMILES string of the molecule is CCN1CCN(C2CCN(c3ccncc3C(N)=O)C2)CC1. The smallest absolute Gasteiger partial charge is 0.252 e. The molecule has 1 amide bonds. The Bertz CT molecular complexity index is 527. The van der Waals surface area contributed by atoms with Crippen LogP contribution in [-0.4, -0.2) is 72.5 Å². The predicted octanol–water partition coefficient (Wildman–Crippen LogP) is 0.397. The number of aromatic nitrogens is 1. The van der Waals surface area contributed by atoms with Gasteiger partial charge >= 0.3 is 0 Å². The van der Waals surface area contributed by atoms with Crippen molar-refractivity contribution in [3.05, 3.63) is 24.0 Å². The van der Waals surface area contributed by atoms with Crippen molar-refractivity contribution in [2.24, 2.45) is 5.73 Å². The Morgan fingerprint density at radius 3 is 2.77 bits per heavy atom. The van der Waals surface area contributed by atoms with Crippen LogP contribution in [0.15, 0.2) is 18.5 Å². The Kier molecular flexibility index (Phi) is 4.59. The molecule has 0 saturated carbocycles. The number of piperazine rings is 1. The van der Waals surface area contributed by atoms with Crippen LogP contribution in [0.2, 0.25) is 0 Å². The second-order valence-electron chi connectivity index (χ2n) is 6.12. The number of anilines is 1. The summed E-state index contributed by atoms with van der Waals surface area (Å²) in [7, 11) is 0. The topological polar surface area (TPSA) is 65.7 Å². The molecule has 0 aromatic carbocycles. The zero-order chi connectivity index (χ0) is 15.5. The average molecular weight is 303 g/mol. The van der Waals surface area contributed by atoms with Gasteiger partial charge in [0.2, 0.25) is 0 Å². The molecular formula is C16H25N5O. The number of hydrogen-bond acceptors (Lipinski definition) is 5. The standard InChI is InChI=1S/C16H25N5O/c1-2-19-7-9-20(10-8-19)13-4-6-21(12-13)15-3-5-18-11-14(15)16(17)22/h3,5,11,13H,2,4,6-10,12H2,1H3,(H2,17,22). The van der Waals surface area contributed by atoms with E-state index < -0.39 is 5.91 Å². The molecule has 1 atom stereocenters. The van der Waals surface area contributed by atoms with E-state index in [4.69, 9.17) is 5.73 Å². The number of carbonyl (C=O) groups is 1. The maximum atomic E-state index is 11.6. The van der Waals surface area contributed by atoms with Crippen LogP contribution in [0.3, 0.4) is 0 Å². The molecular weight excluding hydrogens is 278 g/mol. The van der Waals surface area contributed by atoms with Crippen LogP contribution >= 0.6 is 0 Å². The van der Waals surface area contributed by atoms with Crippen LogP contribution in [0.25, 0.3) is 0 Å². The molecule has 0 spiro atoms. The number of primary amides is 1. The molecule has 1 aromatic heterocycles. The van der Waals surface area contributed by atoms with Gasteiger partial charge in [-0.1, -0.05) is 6.92 Å². The number of likely N-dealkylation sites (N-methyl/N-ethyl adjacent to an activating group) is 1. The third-order valence-electron chi connectivity index (χ3n) is 4.94. The third kappa shape index (κ3) is 3.08. The number of pyridine rings is 1. The molecule has 1 aromatic rings. The van der Waals surface area contributed by atoms with Crippen LogP contribution in [0.4, 0.5) is 5.69 Å². The zero-order valence-corrected chi connectivity index (χ0v) is 13.2. The fourth-order valence-corrected chi connectivity index (χ4v) is 3.56. The average Bonchev–Trinajstić information content (AvgIpc) is 3.04. The first-order valence-corrected chi connectivity index (χ1v) is 8.14. The van der Waals surface area contributed by atoms with Gasteiger partial charge in [0.15, 0.2) is 0 Å². The summed E-state index contributed by atoms with van der Waals surface area (Å²) >= 11 is 0. The monoisotopic (exact) mass is 303 g/mol. The number of hydrogen-bond donors (Lipinski definition) is 1. The molecule has 2 fully saturated rings. The lowest BCUT2D eigenvalue weighted by atomic mass is 10.2. The summed E-state index contributed by atoms with van der Waals surface area (Å²) in [6.07, 6.45) is 4.45. The maximum absolute atomic E-state index is 11.6. The Morgan fingerprint density at radius 2 is 2.09 bits per heavy atom. The number of amides is 1. The molecule has 22 heavy (non-hydrogen) atoms. The van der Waals surface area contributed by atoms with Crippen molar-refractivity contribution < 1.29 is 4.79 Å². The van der Waals surface area contributed by atoms with Gasteiger partial charge in [-0.3, -0.25) is 14.7 Å². The number of nitrogens with two attached hydrogens (primary N) is 1. The molecule has 0 bridgehead atoms. The van der Waals surface area contributed by atoms with Gasteiger partial charge in [-0.05, 0) is 19.0 Å². The van der Waals surface area contributed by atoms with Crippen molar-refractivity contribution >= 4 is 11.6 Å². The first-order chi connectivity index (χ1) is 10.7. The minimum Gasteiger partial charge on any atom is -0.369 e. The van der Waals surface area contributed by atoms with Crippen LogP contribution in [-0.2, 0) is 0 Å². The molecule has 6 heteroatoms. The second kappa shape index (κ2) is 6.62. The first kappa shape index (κ1) is 15.2. The van der Waals surface area contributed by atoms with Crippen molar-refractivity contribution in [2.45, 2.75) is 19.4 Å². The van der Waals surface area contributed by atoms with Gasteiger partial charge in [-0.25, -0.2) is 0 Å². The lowest BCUT2D eigenvalue weighted by Gasteiger charge is -2.37. The molecule has 0 aliphatic carbocycles. The summed E-state index contributed by atoms with van der Waals surface area (Å²) in [5.74, 6) is -0.400. The summed E-state index contributed by atoms with van der Waals surface area (Å²) in [6.45, 7) is 9.92. The molecule has 3 rings (SSSR count). The highest BCUT2D eigenvalue weighted by Gasteiger charge is 2.31. The van der Waals surface area contributed by atoms with Crippen molar-refractivity contribution in [3.63, 3.8) is 0 Å². The molecule has 2 saturated heterocycles. The second-order valence-corrected chi connectivity index (χ2v) is 6.12. The highest BCUT2D eigenvalue weighted by atomic mass is 16.1. The quantitative estimate of drug-likeness (QED) is 0.872. The molecule has 120 valence electrons. The van der Waals surface area contributed by atoms with Crippen molar-refractivity contribution in [2.75, 3.05) is 50.7 Å². The molecule has 2 aliphatic heterocycles. The summed E-state index contributed by atoms with van der Waals surface area (Å²) in [4.78, 5) is 23.0. The summed E-state index contributed by atoms with van der Waals surface area (Å²) in [5.41, 5.74) is 6.92. The summed E-state index contributed by atoms with van der Waals surface area (Å²) in [5, 5.41) is 0. The molecule has 3 heterocycles. The third-order valence-corrected chi connectivity index (χ3v) is 4.94. The molecule has 6 nitrogen and oxygen atoms in total. The highest BCUT2D eigenvalue weighted by molar-refractivity contribution is 5.98. The van der Waals surface area contributed by atoms with Gasteiger partial charge in [0.25, 0.3) is 5.91 Å². The first-order valence-electron chi connectivity index (χ1n) is 8.14. The largest absolute Gasteiger partial charge is 0.369 e. The molecule has 1 unspecified atom stereocenters. The van der Waals surface area contributed by atoms with Crippen LogP contribution in [0.5, 0.6) is 0 Å². The van der Waals surface area contributed by atoms with E-state index >= 15 is 0 Å². The number of rotatable bonds is 4. The maximum Gasteiger partial charge on any atom is 0.252 e. The van der Waals surface area contributed by atoms with E-state index in [0.29, 0.717) is 11.6 Å². The molecule has 2 N–H and O–H groups in total. The van der Waals surface area contributed by atoms with Crippen molar-refractivity contribution in [1.82, 2.24) is 14.8 Å². The van der Waals surface area contributed by atoms with Crippen LogP contribution < -0.4 is 10.6 Å². The Hall–Kier alpha value is -1.66. The van der Waals surface area contributed by atoms with E-state index in [1.807, 2.05) is 6.07 Å². The normalized spacial score (nSPS) is 23.9. The van der Waals surface area contributed by atoms with E-state index in [9.17, 15) is 4.79 Å². The summed E-state index contributed by atoms with van der Waals surface area (Å²) < 4.78 is 0. The summed E-state index contributed by atoms with van der Waals surface area (Å²) in [6, 6.07) is 2.48. The predicted molar refractivity (Wildman–Crippen MR) is 87.1 cm³/mol. The fourth-order valence-electron chi connectivity index (χ4n) is 3.56. The van der Waals surface area contributed by atoms with Crippen LogP contribution in [0.1, 0.15) is 23.7 Å². The van der Waals surface area contributed by atoms with Gasteiger partial charge in [-0.15, -0.1) is 0 Å². The molecule has 0 radical (unpaired) electrons. The Balaban J connectivity index is 1.64. The Morgan fingerprint density at radius 1 is 1.32 bits per heavy atom. The van der Waals surface area contributed by atoms with Crippen molar-refractivity contribution in [3.8, 4) is 0 Å². The van der Waals surface area contributed by atoms with E-state index in [0.717, 1.165) is 57.9 Å². The lowest BCUT2D eigenvalue weighted by molar-refractivity contribution is 0.1000. The lowest BCUT2D eigenvalue weighted by Crippen LogP contribution is -2.50. The highest BCUT2D eigenvalue weighted by Crippen LogP contribution is 2.26. The Labute approximate surface area is 131 Å². The molecule has 2 aliphatic rings. The van der Waals surface area contributed by atoms with E-state index in [-0.39, 0.29) is 0 Å². The fraction of sp³-hybridized carbons (Fsp3) is 0.625. The zero-order valence-electron chi connectivity index (χ0n) is 13.2. The van der Waals surface area contributed by atoms with Crippen molar-refractivity contribution in [1.29, 1.82) is 0 Å². The minimum absolute atomic E-state index is 0.400. The van der Waals surface area contributed by atoms with Crippen LogP contribution in [0, 0.1) is 0 Å². The number of carbonyl (C=O) groups excluding carboxylic acids is 1. The van der Waals surface area contributed by atoms with Gasteiger partial charge in [0.1, 0.15) is 0 Å². The minimum atomic E-state index is -0.400. The van der Waals surface area contributed by atoms with Gasteiger partial charge in [0.05, 0.1) is 11.3 Å². The van der Waals surface area contributed by atoms with Gasteiger partial charge in [0, 0.05) is 57.7 Å². The van der Waals surface area contributed by atoms with Gasteiger partial charge in [-0.2, -0.15) is 0 Å². The van der Waals surface area contributed by atoms with Gasteiger partial charge < -0.3 is 15.5 Å². The van der Waals surface area contributed by atoms with E-state index in [2.05, 4.69) is 26.6 Å². The number of nitrogens with zero attached hydrogens (tertiary/aromatic N) is 4. The van der Waals surface area contributed by atoms with E-state index in [1.165, 1.54) is 0 Å². The van der Waals surface area contributed by atoms with E-state index in [1.54, 1.807) is 12.4 Å².